The van der Waals surface area contributed by atoms with Crippen molar-refractivity contribution in [3.63, 3.8) is 0 Å². The molecule has 4 saturated heterocycles. The molecule has 0 aromatic carbocycles. The fourth-order valence-electron chi connectivity index (χ4n) is 6.05. The topological polar surface area (TPSA) is 167 Å². The van der Waals surface area contributed by atoms with Gasteiger partial charge in [0.2, 0.25) is 18.0 Å². The third-order valence-electron chi connectivity index (χ3n) is 7.91. The summed E-state index contributed by atoms with van der Waals surface area (Å²) in [6, 6.07) is -1.58. The number of amides is 1. The smallest absolute Gasteiger partial charge is 0.326 e. The SMILES string of the molecule is C[C@H]1[C@H](OC(=O)CCC(=O)N[C@@H](CC(=O)O)C(=O)O)O[C@@H]2O[C@@]3(C)CC[C@H]4[C@H](C)CC[C@@H]1[C@@]24OO3. The first kappa shape index (κ1) is 25.8. The molecule has 4 aliphatic heterocycles. The highest BCUT2D eigenvalue weighted by atomic mass is 17.3. The Labute approximate surface area is 202 Å². The fourth-order valence-corrected chi connectivity index (χ4v) is 6.05. The van der Waals surface area contributed by atoms with Gasteiger partial charge in [-0.1, -0.05) is 13.8 Å². The lowest BCUT2D eigenvalue weighted by atomic mass is 9.58. The minimum absolute atomic E-state index is 0.0291. The van der Waals surface area contributed by atoms with Crippen LogP contribution in [0.5, 0.6) is 0 Å². The molecule has 5 rings (SSSR count). The van der Waals surface area contributed by atoms with Crippen molar-refractivity contribution in [1.82, 2.24) is 5.32 Å². The number of hydrogen-bond acceptors (Lipinski definition) is 9. The van der Waals surface area contributed by atoms with Crippen molar-refractivity contribution in [1.29, 1.82) is 0 Å². The summed E-state index contributed by atoms with van der Waals surface area (Å²) in [5.74, 6) is -4.94. The Morgan fingerprint density at radius 3 is 2.49 bits per heavy atom. The Bertz CT molecular complexity index is 880. The molecule has 0 unspecified atom stereocenters. The van der Waals surface area contributed by atoms with Crippen molar-refractivity contribution in [2.45, 2.75) is 95.7 Å². The second kappa shape index (κ2) is 9.64. The van der Waals surface area contributed by atoms with Crippen LogP contribution in [0.3, 0.4) is 0 Å². The van der Waals surface area contributed by atoms with Crippen molar-refractivity contribution in [3.05, 3.63) is 0 Å². The maximum atomic E-state index is 12.5. The average molecular weight is 500 g/mol. The molecule has 0 aromatic rings. The van der Waals surface area contributed by atoms with Gasteiger partial charge in [0.05, 0.1) is 12.8 Å². The fraction of sp³-hybridized carbons (Fsp3) is 0.826. The van der Waals surface area contributed by atoms with E-state index in [1.54, 1.807) is 6.92 Å². The van der Waals surface area contributed by atoms with E-state index in [-0.39, 0.29) is 30.6 Å². The van der Waals surface area contributed by atoms with E-state index in [2.05, 4.69) is 12.2 Å². The van der Waals surface area contributed by atoms with E-state index in [0.29, 0.717) is 12.3 Å². The summed E-state index contributed by atoms with van der Waals surface area (Å²) in [6.45, 7) is 5.93. The molecule has 0 radical (unpaired) electrons. The zero-order chi connectivity index (χ0) is 25.5. The summed E-state index contributed by atoms with van der Waals surface area (Å²) in [6.07, 6.45) is 0.226. The molecule has 5 aliphatic rings. The van der Waals surface area contributed by atoms with Gasteiger partial charge in [0.1, 0.15) is 6.04 Å². The van der Waals surface area contributed by atoms with Gasteiger partial charge >= 0.3 is 17.9 Å². The highest BCUT2D eigenvalue weighted by molar-refractivity contribution is 5.88. The molecule has 12 nitrogen and oxygen atoms in total. The second-order valence-electron chi connectivity index (χ2n) is 10.3. The summed E-state index contributed by atoms with van der Waals surface area (Å²) in [4.78, 5) is 58.3. The van der Waals surface area contributed by atoms with E-state index in [0.717, 1.165) is 19.3 Å². The maximum Gasteiger partial charge on any atom is 0.326 e. The van der Waals surface area contributed by atoms with Crippen molar-refractivity contribution in [2.75, 3.05) is 0 Å². The van der Waals surface area contributed by atoms with Gasteiger partial charge in [-0.25, -0.2) is 14.6 Å². The predicted octanol–water partition coefficient (Wildman–Crippen LogP) is 1.56. The minimum atomic E-state index is -1.58. The van der Waals surface area contributed by atoms with Gasteiger partial charge in [0.25, 0.3) is 0 Å². The predicted molar refractivity (Wildman–Crippen MR) is 114 cm³/mol. The van der Waals surface area contributed by atoms with Gasteiger partial charge in [-0.05, 0) is 38.0 Å². The number of ether oxygens (including phenoxy) is 3. The molecule has 5 fully saturated rings. The molecular formula is C23H33NO11. The molecule has 35 heavy (non-hydrogen) atoms. The van der Waals surface area contributed by atoms with Gasteiger partial charge in [0.15, 0.2) is 11.9 Å². The molecule has 12 heteroatoms. The monoisotopic (exact) mass is 499 g/mol. The Morgan fingerprint density at radius 2 is 1.80 bits per heavy atom. The van der Waals surface area contributed by atoms with Crippen LogP contribution in [0, 0.1) is 23.7 Å². The molecular weight excluding hydrogens is 466 g/mol. The molecule has 1 spiro atoms. The molecule has 1 saturated carbocycles. The Morgan fingerprint density at radius 1 is 1.06 bits per heavy atom. The lowest BCUT2D eigenvalue weighted by Crippen LogP contribution is -2.70. The number of aliphatic carboxylic acids is 2. The molecule has 1 amide bonds. The van der Waals surface area contributed by atoms with E-state index in [9.17, 15) is 19.2 Å². The van der Waals surface area contributed by atoms with Crippen LogP contribution in [0.15, 0.2) is 0 Å². The number of carboxylic acids is 2. The van der Waals surface area contributed by atoms with Gasteiger partial charge in [-0.2, -0.15) is 0 Å². The molecule has 9 atom stereocenters. The molecule has 1 aliphatic carbocycles. The standard InChI is InChI=1S/C23H33NO11/c1-11-4-5-14-12(2)20(32-21-23(14)13(11)8-9-22(3,33-21)34-35-23)31-18(28)7-6-16(25)24-15(19(29)30)10-17(26)27/h11-15,20-21H,4-10H2,1-3H3,(H,24,25)(H,26,27)(H,29,30)/t11-,12-,13+,14+,15+,20-,21-,22-,23-/m1/s1. The quantitative estimate of drug-likeness (QED) is 0.327. The van der Waals surface area contributed by atoms with Crippen LogP contribution >= 0.6 is 0 Å². The first-order chi connectivity index (χ1) is 16.4. The van der Waals surface area contributed by atoms with E-state index in [1.165, 1.54) is 0 Å². The zero-order valence-corrected chi connectivity index (χ0v) is 20.1. The van der Waals surface area contributed by atoms with E-state index >= 15 is 0 Å². The maximum absolute atomic E-state index is 12.5. The van der Waals surface area contributed by atoms with Crippen molar-refractivity contribution < 1.29 is 53.4 Å². The third kappa shape index (κ3) is 4.89. The van der Waals surface area contributed by atoms with Crippen LogP contribution in [0.1, 0.15) is 65.7 Å². The molecule has 3 N–H and O–H groups in total. The van der Waals surface area contributed by atoms with Crippen LogP contribution < -0.4 is 5.32 Å². The van der Waals surface area contributed by atoms with E-state index in [4.69, 9.17) is 34.2 Å². The van der Waals surface area contributed by atoms with Crippen LogP contribution in [0.4, 0.5) is 0 Å². The summed E-state index contributed by atoms with van der Waals surface area (Å²) in [7, 11) is 0. The van der Waals surface area contributed by atoms with Gasteiger partial charge < -0.3 is 29.7 Å². The third-order valence-corrected chi connectivity index (χ3v) is 7.91. The Hall–Kier alpha value is -2.28. The van der Waals surface area contributed by atoms with E-state index in [1.807, 2.05) is 6.92 Å². The number of hydrogen-bond donors (Lipinski definition) is 3. The van der Waals surface area contributed by atoms with Gasteiger partial charge in [-0.3, -0.25) is 14.4 Å². The largest absolute Gasteiger partial charge is 0.481 e. The molecule has 4 heterocycles. The summed E-state index contributed by atoms with van der Waals surface area (Å²) in [5.41, 5.74) is -0.786. The number of carboxylic acid groups (broad SMARTS) is 2. The van der Waals surface area contributed by atoms with Crippen molar-refractivity contribution >= 4 is 23.8 Å². The second-order valence-corrected chi connectivity index (χ2v) is 10.3. The van der Waals surface area contributed by atoms with Crippen LogP contribution in [-0.4, -0.2) is 64.0 Å². The molecule has 2 bridgehead atoms. The Balaban J connectivity index is 1.38. The molecule has 0 aromatic heterocycles. The lowest BCUT2D eigenvalue weighted by molar-refractivity contribution is -0.576. The van der Waals surface area contributed by atoms with Crippen LogP contribution in [-0.2, 0) is 43.2 Å². The highest BCUT2D eigenvalue weighted by Crippen LogP contribution is 2.60. The molecule has 196 valence electrons. The average Bonchev–Trinajstić information content (AvgIpc) is 3.01. The van der Waals surface area contributed by atoms with Crippen molar-refractivity contribution in [3.8, 4) is 0 Å². The number of rotatable bonds is 8. The minimum Gasteiger partial charge on any atom is -0.481 e. The van der Waals surface area contributed by atoms with Crippen LogP contribution in [0.25, 0.3) is 0 Å². The summed E-state index contributed by atoms with van der Waals surface area (Å²) in [5, 5.41) is 19.9. The van der Waals surface area contributed by atoms with Gasteiger partial charge in [-0.15, -0.1) is 0 Å². The zero-order valence-electron chi connectivity index (χ0n) is 20.1. The van der Waals surface area contributed by atoms with Crippen molar-refractivity contribution in [2.24, 2.45) is 23.7 Å². The van der Waals surface area contributed by atoms with Gasteiger partial charge in [0, 0.05) is 24.7 Å². The Kier molecular flexibility index (Phi) is 7.11. The highest BCUT2D eigenvalue weighted by Gasteiger charge is 2.69. The normalized spacial score (nSPS) is 40.7. The van der Waals surface area contributed by atoms with E-state index < -0.39 is 60.2 Å². The lowest BCUT2D eigenvalue weighted by Gasteiger charge is -2.59. The number of fused-ring (bicyclic) bond motifs is 2. The number of esters is 1. The first-order valence-corrected chi connectivity index (χ1v) is 12.1. The summed E-state index contributed by atoms with van der Waals surface area (Å²) < 4.78 is 18.0. The number of carbonyl (C=O) groups is 4. The summed E-state index contributed by atoms with van der Waals surface area (Å²) >= 11 is 0. The first-order valence-electron chi connectivity index (χ1n) is 12.1. The number of nitrogens with one attached hydrogen (secondary N) is 1. The number of carbonyl (C=O) groups excluding carboxylic acids is 2. The van der Waals surface area contributed by atoms with Crippen LogP contribution in [0.2, 0.25) is 0 Å².